The predicted molar refractivity (Wildman–Crippen MR) is 89.6 cm³/mol. The molecule has 0 bridgehead atoms. The van der Waals surface area contributed by atoms with Crippen LogP contribution in [0.2, 0.25) is 0 Å². The molecule has 0 fully saturated rings. The zero-order chi connectivity index (χ0) is 17.6. The number of carbonyl (C=O) groups excluding carboxylic acids is 1. The predicted octanol–water partition coefficient (Wildman–Crippen LogP) is 2.66. The molecule has 0 aliphatic carbocycles. The van der Waals surface area contributed by atoms with E-state index in [0.29, 0.717) is 5.82 Å². The van der Waals surface area contributed by atoms with Gasteiger partial charge in [-0.2, -0.15) is 10.2 Å². The molecule has 9 heteroatoms. The van der Waals surface area contributed by atoms with Crippen molar-refractivity contribution in [1.29, 1.82) is 0 Å². The normalized spacial score (nSPS) is 17.1. The van der Waals surface area contributed by atoms with Gasteiger partial charge in [0.1, 0.15) is 17.3 Å². The molecule has 1 aromatic carbocycles. The van der Waals surface area contributed by atoms with Crippen molar-refractivity contribution >= 4 is 23.5 Å². The number of hydrogen-bond donors (Lipinski definition) is 1. The molecule has 0 saturated heterocycles. The van der Waals surface area contributed by atoms with E-state index in [9.17, 15) is 13.6 Å². The highest BCUT2D eigenvalue weighted by Crippen LogP contribution is 2.41. The van der Waals surface area contributed by atoms with Crippen molar-refractivity contribution in [2.75, 3.05) is 11.1 Å². The summed E-state index contributed by atoms with van der Waals surface area (Å²) in [4.78, 5) is 12.1. The first kappa shape index (κ1) is 15.8. The third kappa shape index (κ3) is 2.80. The molecule has 1 aliphatic heterocycles. The lowest BCUT2D eigenvalue weighted by Crippen LogP contribution is -2.16. The zero-order valence-electron chi connectivity index (χ0n) is 13.1. The summed E-state index contributed by atoms with van der Waals surface area (Å²) in [5, 5.41) is 11.0. The Morgan fingerprint density at radius 2 is 2.12 bits per heavy atom. The van der Waals surface area contributed by atoms with Crippen LogP contribution >= 0.6 is 11.8 Å². The van der Waals surface area contributed by atoms with Crippen LogP contribution in [0.15, 0.2) is 36.8 Å². The molecule has 0 saturated carbocycles. The van der Waals surface area contributed by atoms with E-state index in [1.54, 1.807) is 17.1 Å². The van der Waals surface area contributed by atoms with Crippen molar-refractivity contribution in [1.82, 2.24) is 19.6 Å². The third-order valence-electron chi connectivity index (χ3n) is 3.88. The van der Waals surface area contributed by atoms with Gasteiger partial charge in [0.25, 0.3) is 0 Å². The number of benzene rings is 1. The molecule has 2 aromatic heterocycles. The Labute approximate surface area is 145 Å². The van der Waals surface area contributed by atoms with Gasteiger partial charge in [0.2, 0.25) is 5.91 Å². The summed E-state index contributed by atoms with van der Waals surface area (Å²) in [5.74, 6) is -1.00. The van der Waals surface area contributed by atoms with E-state index >= 15 is 0 Å². The summed E-state index contributed by atoms with van der Waals surface area (Å²) in [6.07, 6.45) is 5.19. The van der Waals surface area contributed by atoms with Gasteiger partial charge < -0.3 is 5.32 Å². The fourth-order valence-corrected chi connectivity index (χ4v) is 3.84. The van der Waals surface area contributed by atoms with Crippen molar-refractivity contribution in [2.45, 2.75) is 5.25 Å². The minimum absolute atomic E-state index is 0.0692. The molecule has 25 heavy (non-hydrogen) atoms. The van der Waals surface area contributed by atoms with Crippen LogP contribution in [0.5, 0.6) is 0 Å². The highest BCUT2D eigenvalue weighted by atomic mass is 32.2. The number of amides is 1. The molecule has 1 aliphatic rings. The highest BCUT2D eigenvalue weighted by Gasteiger charge is 2.29. The van der Waals surface area contributed by atoms with Crippen molar-refractivity contribution in [3.05, 3.63) is 59.6 Å². The second-order valence-corrected chi connectivity index (χ2v) is 6.74. The number of aryl methyl sites for hydroxylation is 1. The molecule has 0 radical (unpaired) electrons. The monoisotopic (exact) mass is 361 g/mol. The van der Waals surface area contributed by atoms with Gasteiger partial charge in [0.05, 0.1) is 23.4 Å². The largest absolute Gasteiger partial charge is 0.310 e. The maximum Gasteiger partial charge on any atom is 0.235 e. The molecular formula is C16H13F2N5OS. The first-order valence-corrected chi connectivity index (χ1v) is 8.51. The number of carbonyl (C=O) groups is 1. The smallest absolute Gasteiger partial charge is 0.235 e. The standard InChI is InChI=1S/C16H13F2N5OS/c1-22-7-9(5-19-22)15-11-6-20-23(16(11)21-14(24)8-25-15)13-3-2-10(17)4-12(13)18/h2-7,15H,8H2,1H3,(H,21,24)/t15-/m0/s1. The number of anilines is 1. The van der Waals surface area contributed by atoms with Gasteiger partial charge in [-0.25, -0.2) is 13.5 Å². The van der Waals surface area contributed by atoms with Crippen LogP contribution in [-0.2, 0) is 11.8 Å². The van der Waals surface area contributed by atoms with Crippen LogP contribution < -0.4 is 5.32 Å². The average Bonchev–Trinajstić information content (AvgIpc) is 3.12. The highest BCUT2D eigenvalue weighted by molar-refractivity contribution is 8.00. The van der Waals surface area contributed by atoms with Gasteiger partial charge in [0, 0.05) is 30.4 Å². The van der Waals surface area contributed by atoms with E-state index in [0.717, 1.165) is 23.3 Å². The molecule has 0 spiro atoms. The maximum absolute atomic E-state index is 14.2. The van der Waals surface area contributed by atoms with Gasteiger partial charge in [-0.3, -0.25) is 9.48 Å². The van der Waals surface area contributed by atoms with Crippen LogP contribution in [0.1, 0.15) is 16.4 Å². The summed E-state index contributed by atoms with van der Waals surface area (Å²) in [7, 11) is 1.81. The number of fused-ring (bicyclic) bond motifs is 1. The number of nitrogens with zero attached hydrogens (tertiary/aromatic N) is 4. The van der Waals surface area contributed by atoms with E-state index in [1.807, 2.05) is 13.2 Å². The molecule has 6 nitrogen and oxygen atoms in total. The lowest BCUT2D eigenvalue weighted by atomic mass is 10.1. The number of thioether (sulfide) groups is 1. The Hall–Kier alpha value is -2.68. The molecule has 3 heterocycles. The number of rotatable bonds is 2. The lowest BCUT2D eigenvalue weighted by Gasteiger charge is -2.12. The molecular weight excluding hydrogens is 348 g/mol. The second-order valence-electron chi connectivity index (χ2n) is 5.64. The molecule has 1 amide bonds. The first-order chi connectivity index (χ1) is 12.0. The summed E-state index contributed by atoms with van der Waals surface area (Å²) in [5.41, 5.74) is 1.73. The van der Waals surface area contributed by atoms with E-state index in [1.165, 1.54) is 22.5 Å². The van der Waals surface area contributed by atoms with Gasteiger partial charge in [-0.05, 0) is 12.1 Å². The van der Waals surface area contributed by atoms with Crippen LogP contribution in [0.3, 0.4) is 0 Å². The first-order valence-electron chi connectivity index (χ1n) is 7.46. The minimum Gasteiger partial charge on any atom is -0.310 e. The lowest BCUT2D eigenvalue weighted by molar-refractivity contribution is -0.113. The summed E-state index contributed by atoms with van der Waals surface area (Å²) in [6.45, 7) is 0. The minimum atomic E-state index is -0.755. The molecule has 1 N–H and O–H groups in total. The Balaban J connectivity index is 1.85. The Morgan fingerprint density at radius 1 is 1.28 bits per heavy atom. The summed E-state index contributed by atoms with van der Waals surface area (Å²) >= 11 is 1.44. The average molecular weight is 361 g/mol. The van der Waals surface area contributed by atoms with Gasteiger partial charge in [-0.1, -0.05) is 0 Å². The maximum atomic E-state index is 14.2. The van der Waals surface area contributed by atoms with E-state index < -0.39 is 11.6 Å². The van der Waals surface area contributed by atoms with Crippen molar-refractivity contribution in [2.24, 2.45) is 7.05 Å². The fraction of sp³-hybridized carbons (Fsp3) is 0.188. The van der Waals surface area contributed by atoms with Crippen molar-refractivity contribution < 1.29 is 13.6 Å². The SMILES string of the molecule is Cn1cc([C@@H]2SCC(=O)Nc3c2cnn3-c2ccc(F)cc2F)cn1. The number of nitrogens with one attached hydrogen (secondary N) is 1. The molecule has 128 valence electrons. The van der Waals surface area contributed by atoms with Crippen LogP contribution in [0, 0.1) is 11.6 Å². The van der Waals surface area contributed by atoms with Crippen molar-refractivity contribution in [3.63, 3.8) is 0 Å². The number of aromatic nitrogens is 4. The molecule has 4 rings (SSSR count). The Morgan fingerprint density at radius 3 is 2.84 bits per heavy atom. The number of halogens is 2. The van der Waals surface area contributed by atoms with E-state index in [2.05, 4.69) is 15.5 Å². The van der Waals surface area contributed by atoms with E-state index in [4.69, 9.17) is 0 Å². The Kier molecular flexibility index (Phi) is 3.79. The third-order valence-corrected chi connectivity index (χ3v) is 5.17. The van der Waals surface area contributed by atoms with Crippen molar-refractivity contribution in [3.8, 4) is 5.69 Å². The van der Waals surface area contributed by atoms with Gasteiger partial charge in [-0.15, -0.1) is 11.8 Å². The molecule has 3 aromatic rings. The second kappa shape index (κ2) is 5.99. The van der Waals surface area contributed by atoms with Crippen LogP contribution in [0.25, 0.3) is 5.69 Å². The van der Waals surface area contributed by atoms with Gasteiger partial charge >= 0.3 is 0 Å². The van der Waals surface area contributed by atoms with Gasteiger partial charge in [0.15, 0.2) is 5.82 Å². The zero-order valence-corrected chi connectivity index (χ0v) is 13.9. The fourth-order valence-electron chi connectivity index (χ4n) is 2.78. The summed E-state index contributed by atoms with van der Waals surface area (Å²) in [6, 6.07) is 3.23. The quantitative estimate of drug-likeness (QED) is 0.762. The number of hydrogen-bond acceptors (Lipinski definition) is 4. The van der Waals surface area contributed by atoms with E-state index in [-0.39, 0.29) is 22.6 Å². The van der Waals surface area contributed by atoms with Crippen LogP contribution in [-0.4, -0.2) is 31.2 Å². The van der Waals surface area contributed by atoms with Crippen LogP contribution in [0.4, 0.5) is 14.6 Å². The Bertz CT molecular complexity index is 967. The molecule has 0 unspecified atom stereocenters. The molecule has 1 atom stereocenters. The topological polar surface area (TPSA) is 64.7 Å². The summed E-state index contributed by atoms with van der Waals surface area (Å²) < 4.78 is 30.3.